The summed E-state index contributed by atoms with van der Waals surface area (Å²) in [5, 5.41) is 3.37. The molecule has 21 heavy (non-hydrogen) atoms. The van der Waals surface area contributed by atoms with E-state index in [1.807, 2.05) is 6.07 Å². The van der Waals surface area contributed by atoms with Gasteiger partial charge < -0.3 is 10.1 Å². The van der Waals surface area contributed by atoms with Gasteiger partial charge in [-0.25, -0.2) is 4.39 Å². The molecule has 0 saturated heterocycles. The number of aryl methyl sites for hydroxylation is 1. The molecule has 1 aromatic heterocycles. The third-order valence-corrected chi connectivity index (χ3v) is 2.97. The van der Waals surface area contributed by atoms with Crippen molar-refractivity contribution in [3.05, 3.63) is 53.6 Å². The molecule has 0 bridgehead atoms. The summed E-state index contributed by atoms with van der Waals surface area (Å²) in [6.45, 7) is 8.68. The highest BCUT2D eigenvalue weighted by Crippen LogP contribution is 2.23. The Kier molecular flexibility index (Phi) is 4.58. The average molecular weight is 288 g/mol. The molecular weight excluding hydrogens is 267 g/mol. The smallest absolute Gasteiger partial charge is 0.130 e. The van der Waals surface area contributed by atoms with Crippen molar-refractivity contribution in [3.8, 4) is 11.5 Å². The van der Waals surface area contributed by atoms with E-state index in [0.717, 1.165) is 5.69 Å². The highest BCUT2D eigenvalue weighted by atomic mass is 19.1. The van der Waals surface area contributed by atoms with E-state index in [-0.39, 0.29) is 11.4 Å². The van der Waals surface area contributed by atoms with Gasteiger partial charge in [-0.05, 0) is 45.4 Å². The van der Waals surface area contributed by atoms with E-state index in [9.17, 15) is 4.39 Å². The molecule has 1 N–H and O–H groups in total. The fourth-order valence-electron chi connectivity index (χ4n) is 1.75. The van der Waals surface area contributed by atoms with Crippen LogP contribution in [0.25, 0.3) is 0 Å². The Bertz CT molecular complexity index is 620. The Morgan fingerprint density at radius 2 is 1.86 bits per heavy atom. The van der Waals surface area contributed by atoms with Crippen molar-refractivity contribution in [3.63, 3.8) is 0 Å². The monoisotopic (exact) mass is 288 g/mol. The molecule has 1 aromatic carbocycles. The molecule has 2 rings (SSSR count). The second-order valence-electron chi connectivity index (χ2n) is 6.10. The third kappa shape index (κ3) is 4.83. The molecule has 3 nitrogen and oxygen atoms in total. The fourth-order valence-corrected chi connectivity index (χ4v) is 1.75. The van der Waals surface area contributed by atoms with Crippen molar-refractivity contribution in [1.82, 2.24) is 10.3 Å². The van der Waals surface area contributed by atoms with E-state index < -0.39 is 0 Å². The van der Waals surface area contributed by atoms with E-state index in [0.29, 0.717) is 23.6 Å². The normalized spacial score (nSPS) is 11.5. The van der Waals surface area contributed by atoms with Crippen LogP contribution in [0.5, 0.6) is 11.5 Å². The van der Waals surface area contributed by atoms with E-state index in [2.05, 4.69) is 31.1 Å². The van der Waals surface area contributed by atoms with Crippen molar-refractivity contribution >= 4 is 0 Å². The molecule has 0 aliphatic carbocycles. The Morgan fingerprint density at radius 1 is 1.14 bits per heavy atom. The lowest BCUT2D eigenvalue weighted by molar-refractivity contribution is 0.419. The highest BCUT2D eigenvalue weighted by Gasteiger charge is 2.09. The number of rotatable bonds is 4. The van der Waals surface area contributed by atoms with Crippen molar-refractivity contribution in [2.75, 3.05) is 0 Å². The lowest BCUT2D eigenvalue weighted by atomic mass is 10.1. The van der Waals surface area contributed by atoms with Crippen LogP contribution >= 0.6 is 0 Å². The van der Waals surface area contributed by atoms with Crippen molar-refractivity contribution < 1.29 is 9.13 Å². The summed E-state index contributed by atoms with van der Waals surface area (Å²) in [5.41, 5.74) is 1.51. The molecule has 1 heterocycles. The van der Waals surface area contributed by atoms with Gasteiger partial charge in [0.05, 0.1) is 5.69 Å². The summed E-state index contributed by atoms with van der Waals surface area (Å²) in [7, 11) is 0. The second-order valence-corrected chi connectivity index (χ2v) is 6.10. The van der Waals surface area contributed by atoms with Gasteiger partial charge in [-0.15, -0.1) is 0 Å². The first kappa shape index (κ1) is 15.4. The quantitative estimate of drug-likeness (QED) is 0.915. The number of halogens is 1. The van der Waals surface area contributed by atoms with Crippen LogP contribution in [-0.4, -0.2) is 10.5 Å². The van der Waals surface area contributed by atoms with E-state index >= 15 is 0 Å². The van der Waals surface area contributed by atoms with Gasteiger partial charge >= 0.3 is 0 Å². The molecule has 0 fully saturated rings. The maximum atomic E-state index is 13.5. The molecule has 4 heteroatoms. The van der Waals surface area contributed by atoms with Crippen LogP contribution in [0.2, 0.25) is 0 Å². The Morgan fingerprint density at radius 3 is 2.52 bits per heavy atom. The number of pyridine rings is 1. The lowest BCUT2D eigenvalue weighted by Crippen LogP contribution is -2.35. The van der Waals surface area contributed by atoms with Gasteiger partial charge in [-0.2, -0.15) is 0 Å². The highest BCUT2D eigenvalue weighted by molar-refractivity contribution is 5.33. The lowest BCUT2D eigenvalue weighted by Gasteiger charge is -2.20. The van der Waals surface area contributed by atoms with Gasteiger partial charge in [0.15, 0.2) is 0 Å². The maximum Gasteiger partial charge on any atom is 0.130 e. The number of ether oxygens (including phenoxy) is 1. The second kappa shape index (κ2) is 6.22. The zero-order valence-electron chi connectivity index (χ0n) is 12.9. The van der Waals surface area contributed by atoms with Gasteiger partial charge in [0.2, 0.25) is 0 Å². The largest absolute Gasteiger partial charge is 0.457 e. The average Bonchev–Trinajstić information content (AvgIpc) is 2.40. The van der Waals surface area contributed by atoms with E-state index in [4.69, 9.17) is 4.74 Å². The number of nitrogens with one attached hydrogen (secondary N) is 1. The molecule has 2 aromatic rings. The SMILES string of the molecule is Cc1ccc(Oc2ccnc(CNC(C)(C)C)c2)cc1F. The Labute approximate surface area is 125 Å². The summed E-state index contributed by atoms with van der Waals surface area (Å²) in [4.78, 5) is 4.30. The number of benzene rings is 1. The molecular formula is C17H21FN2O. The number of nitrogens with zero attached hydrogens (tertiary/aromatic N) is 1. The number of hydrogen-bond donors (Lipinski definition) is 1. The van der Waals surface area contributed by atoms with Crippen molar-refractivity contribution in [2.45, 2.75) is 39.8 Å². The Hall–Kier alpha value is -1.94. The van der Waals surface area contributed by atoms with Crippen LogP contribution in [0.4, 0.5) is 4.39 Å². The summed E-state index contributed by atoms with van der Waals surface area (Å²) >= 11 is 0. The molecule has 0 radical (unpaired) electrons. The van der Waals surface area contributed by atoms with E-state index in [1.165, 1.54) is 6.07 Å². The van der Waals surface area contributed by atoms with Crippen LogP contribution < -0.4 is 10.1 Å². The minimum Gasteiger partial charge on any atom is -0.457 e. The molecule has 0 saturated carbocycles. The van der Waals surface area contributed by atoms with Gasteiger partial charge in [-0.1, -0.05) is 6.07 Å². The minimum atomic E-state index is -0.267. The van der Waals surface area contributed by atoms with Crippen molar-refractivity contribution in [2.24, 2.45) is 0 Å². The molecule has 0 spiro atoms. The summed E-state index contributed by atoms with van der Waals surface area (Å²) in [5.74, 6) is 0.870. The van der Waals surface area contributed by atoms with Crippen molar-refractivity contribution in [1.29, 1.82) is 0 Å². The van der Waals surface area contributed by atoms with E-state index in [1.54, 1.807) is 31.3 Å². The first-order valence-corrected chi connectivity index (χ1v) is 6.97. The molecule has 0 amide bonds. The molecule has 0 atom stereocenters. The van der Waals surface area contributed by atoms with Crippen LogP contribution in [0.1, 0.15) is 32.0 Å². The molecule has 0 unspecified atom stereocenters. The maximum absolute atomic E-state index is 13.5. The number of aromatic nitrogens is 1. The standard InChI is InChI=1S/C17H21FN2O/c1-12-5-6-14(10-16(12)18)21-15-7-8-19-13(9-15)11-20-17(2,3)4/h5-10,20H,11H2,1-4H3. The minimum absolute atomic E-state index is 0.0264. The first-order valence-electron chi connectivity index (χ1n) is 6.97. The fraction of sp³-hybridized carbons (Fsp3) is 0.353. The zero-order valence-corrected chi connectivity index (χ0v) is 12.9. The van der Waals surface area contributed by atoms with Gasteiger partial charge in [-0.3, -0.25) is 4.98 Å². The van der Waals surface area contributed by atoms with Gasteiger partial charge in [0.1, 0.15) is 17.3 Å². The number of hydrogen-bond acceptors (Lipinski definition) is 3. The molecule has 0 aliphatic heterocycles. The molecule has 0 aliphatic rings. The molecule has 112 valence electrons. The summed E-state index contributed by atoms with van der Waals surface area (Å²) < 4.78 is 19.2. The summed E-state index contributed by atoms with van der Waals surface area (Å²) in [6.07, 6.45) is 1.69. The third-order valence-electron chi connectivity index (χ3n) is 2.97. The van der Waals surface area contributed by atoms with Crippen LogP contribution in [-0.2, 0) is 6.54 Å². The summed E-state index contributed by atoms with van der Waals surface area (Å²) in [6, 6.07) is 8.47. The topological polar surface area (TPSA) is 34.1 Å². The Balaban J connectivity index is 2.08. The van der Waals surface area contributed by atoms with Gasteiger partial charge in [0.25, 0.3) is 0 Å². The predicted octanol–water partition coefficient (Wildman–Crippen LogP) is 4.21. The van der Waals surface area contributed by atoms with Crippen LogP contribution in [0, 0.1) is 12.7 Å². The first-order chi connectivity index (χ1) is 9.83. The van der Waals surface area contributed by atoms with Crippen LogP contribution in [0.15, 0.2) is 36.5 Å². The van der Waals surface area contributed by atoms with Crippen LogP contribution in [0.3, 0.4) is 0 Å². The van der Waals surface area contributed by atoms with Gasteiger partial charge in [0, 0.05) is 30.4 Å². The zero-order chi connectivity index (χ0) is 15.5. The predicted molar refractivity (Wildman–Crippen MR) is 82.0 cm³/mol.